The number of phosphoric ester groups is 1. The van der Waals surface area contributed by atoms with Crippen molar-refractivity contribution in [3.8, 4) is 0 Å². The number of carbonyl (C=O) groups excluding carboxylic acids is 1. The Kier molecular flexibility index (Phi) is 8.28. The van der Waals surface area contributed by atoms with E-state index < -0.39 is 13.8 Å². The molecular formula is C15H23O5P. The van der Waals surface area contributed by atoms with Gasteiger partial charge in [0.1, 0.15) is 0 Å². The molecule has 0 radical (unpaired) electrons. The predicted octanol–water partition coefficient (Wildman–Crippen LogP) is 4.32. The van der Waals surface area contributed by atoms with E-state index >= 15 is 0 Å². The van der Waals surface area contributed by atoms with Crippen molar-refractivity contribution in [3.63, 3.8) is 0 Å². The summed E-state index contributed by atoms with van der Waals surface area (Å²) >= 11 is 0. The van der Waals surface area contributed by atoms with E-state index in [2.05, 4.69) is 11.4 Å². The lowest BCUT2D eigenvalue weighted by atomic mass is 10.1. The third-order valence-electron chi connectivity index (χ3n) is 2.96. The first-order chi connectivity index (χ1) is 10.0. The van der Waals surface area contributed by atoms with E-state index in [0.29, 0.717) is 6.42 Å². The lowest BCUT2D eigenvalue weighted by Gasteiger charge is -2.11. The van der Waals surface area contributed by atoms with Crippen LogP contribution in [0.5, 0.6) is 0 Å². The van der Waals surface area contributed by atoms with Crippen LogP contribution in [0, 0.1) is 0 Å². The van der Waals surface area contributed by atoms with Crippen molar-refractivity contribution in [2.75, 3.05) is 6.61 Å². The van der Waals surface area contributed by atoms with E-state index in [1.165, 1.54) is 25.0 Å². The SMILES string of the molecule is CCCCCCCCOP(=O)(O)OC(=O)c1ccccc1. The highest BCUT2D eigenvalue weighted by Gasteiger charge is 2.26. The molecule has 0 fully saturated rings. The van der Waals surface area contributed by atoms with Crippen molar-refractivity contribution in [1.82, 2.24) is 0 Å². The van der Waals surface area contributed by atoms with Gasteiger partial charge in [-0.3, -0.25) is 9.42 Å². The molecule has 1 aromatic rings. The van der Waals surface area contributed by atoms with Crippen molar-refractivity contribution in [2.45, 2.75) is 45.4 Å². The fourth-order valence-corrected chi connectivity index (χ4v) is 2.55. The van der Waals surface area contributed by atoms with E-state index in [-0.39, 0.29) is 12.2 Å². The van der Waals surface area contributed by atoms with Gasteiger partial charge in [0.2, 0.25) is 0 Å². The van der Waals surface area contributed by atoms with E-state index in [1.807, 2.05) is 0 Å². The first-order valence-corrected chi connectivity index (χ1v) is 8.81. The van der Waals surface area contributed by atoms with Gasteiger partial charge >= 0.3 is 13.8 Å². The number of hydrogen-bond donors (Lipinski definition) is 1. The van der Waals surface area contributed by atoms with Crippen LogP contribution in [-0.4, -0.2) is 17.5 Å². The molecule has 0 aliphatic heterocycles. The Morgan fingerprint density at radius 1 is 1.10 bits per heavy atom. The van der Waals surface area contributed by atoms with Gasteiger partial charge < -0.3 is 4.52 Å². The molecule has 0 spiro atoms. The first kappa shape index (κ1) is 17.9. The van der Waals surface area contributed by atoms with Crippen LogP contribution in [0.1, 0.15) is 55.8 Å². The summed E-state index contributed by atoms with van der Waals surface area (Å²) in [7, 11) is -4.33. The summed E-state index contributed by atoms with van der Waals surface area (Å²) in [4.78, 5) is 21.1. The standard InChI is InChI=1S/C15H23O5P/c1-2-3-4-5-6-10-13-19-21(17,18)20-15(16)14-11-8-7-9-12-14/h7-9,11-12H,2-6,10,13H2,1H3,(H,17,18). The van der Waals surface area contributed by atoms with Crippen molar-refractivity contribution in [3.05, 3.63) is 35.9 Å². The van der Waals surface area contributed by atoms with Crippen LogP contribution in [0.15, 0.2) is 30.3 Å². The Morgan fingerprint density at radius 3 is 2.38 bits per heavy atom. The molecule has 1 aromatic carbocycles. The summed E-state index contributed by atoms with van der Waals surface area (Å²) in [6, 6.07) is 8.06. The lowest BCUT2D eigenvalue weighted by Crippen LogP contribution is -2.05. The summed E-state index contributed by atoms with van der Waals surface area (Å²) in [5.41, 5.74) is 0.218. The molecule has 0 amide bonds. The summed E-state index contributed by atoms with van der Waals surface area (Å²) < 4.78 is 20.9. The summed E-state index contributed by atoms with van der Waals surface area (Å²) in [5, 5.41) is 0. The van der Waals surface area contributed by atoms with Crippen LogP contribution in [0.3, 0.4) is 0 Å². The Labute approximate surface area is 125 Å². The van der Waals surface area contributed by atoms with Crippen LogP contribution >= 0.6 is 7.82 Å². The molecule has 0 saturated carbocycles. The average Bonchev–Trinajstić information content (AvgIpc) is 2.46. The molecule has 0 aliphatic rings. The average molecular weight is 314 g/mol. The van der Waals surface area contributed by atoms with Gasteiger partial charge in [0.05, 0.1) is 12.2 Å². The van der Waals surface area contributed by atoms with Crippen molar-refractivity contribution < 1.29 is 23.3 Å². The van der Waals surface area contributed by atoms with Crippen LogP contribution < -0.4 is 0 Å². The number of carbonyl (C=O) groups is 1. The largest absolute Gasteiger partial charge is 0.529 e. The second-order valence-corrected chi connectivity index (χ2v) is 6.19. The maximum atomic E-state index is 11.6. The molecule has 1 rings (SSSR count). The van der Waals surface area contributed by atoms with Crippen LogP contribution in [-0.2, 0) is 13.6 Å². The zero-order valence-corrected chi connectivity index (χ0v) is 13.3. The van der Waals surface area contributed by atoms with Gasteiger partial charge in [0.15, 0.2) is 0 Å². The lowest BCUT2D eigenvalue weighted by molar-refractivity contribution is 0.0641. The number of hydrogen-bond acceptors (Lipinski definition) is 4. The zero-order chi connectivity index (χ0) is 15.6. The van der Waals surface area contributed by atoms with Gasteiger partial charge in [-0.05, 0) is 18.6 Å². The van der Waals surface area contributed by atoms with Gasteiger partial charge in [0.25, 0.3) is 0 Å². The first-order valence-electron chi connectivity index (χ1n) is 7.31. The molecule has 0 heterocycles. The molecule has 1 atom stereocenters. The maximum Gasteiger partial charge on any atom is 0.529 e. The quantitative estimate of drug-likeness (QED) is 0.514. The molecule has 5 nitrogen and oxygen atoms in total. The molecule has 0 saturated heterocycles. The monoisotopic (exact) mass is 314 g/mol. The molecule has 6 heteroatoms. The highest BCUT2D eigenvalue weighted by molar-refractivity contribution is 7.48. The highest BCUT2D eigenvalue weighted by atomic mass is 31.2. The fourth-order valence-electron chi connectivity index (χ4n) is 1.82. The van der Waals surface area contributed by atoms with Gasteiger partial charge in [-0.1, -0.05) is 57.2 Å². The van der Waals surface area contributed by atoms with Gasteiger partial charge in [-0.15, -0.1) is 0 Å². The smallest absolute Gasteiger partial charge is 0.367 e. The maximum absolute atomic E-state index is 11.6. The Morgan fingerprint density at radius 2 is 1.71 bits per heavy atom. The second-order valence-electron chi connectivity index (χ2n) is 4.81. The van der Waals surface area contributed by atoms with Crippen molar-refractivity contribution in [1.29, 1.82) is 0 Å². The fraction of sp³-hybridized carbons (Fsp3) is 0.533. The number of benzene rings is 1. The second kappa shape index (κ2) is 9.72. The molecule has 21 heavy (non-hydrogen) atoms. The van der Waals surface area contributed by atoms with Gasteiger partial charge in [-0.25, -0.2) is 9.36 Å². The van der Waals surface area contributed by atoms with Crippen LogP contribution in [0.2, 0.25) is 0 Å². The topological polar surface area (TPSA) is 72.8 Å². The highest BCUT2D eigenvalue weighted by Crippen LogP contribution is 2.44. The normalized spacial score (nSPS) is 13.6. The minimum atomic E-state index is -4.33. The number of phosphoric acid groups is 1. The summed E-state index contributed by atoms with van der Waals surface area (Å²) in [6.45, 7) is 2.26. The molecule has 0 aliphatic carbocycles. The molecule has 0 bridgehead atoms. The summed E-state index contributed by atoms with van der Waals surface area (Å²) in [6.07, 6.45) is 6.24. The molecular weight excluding hydrogens is 291 g/mol. The van der Waals surface area contributed by atoms with Gasteiger partial charge in [0, 0.05) is 0 Å². The third kappa shape index (κ3) is 8.00. The van der Waals surface area contributed by atoms with Crippen molar-refractivity contribution in [2.24, 2.45) is 0 Å². The van der Waals surface area contributed by atoms with E-state index in [4.69, 9.17) is 4.52 Å². The minimum Gasteiger partial charge on any atom is -0.367 e. The van der Waals surface area contributed by atoms with E-state index in [9.17, 15) is 14.3 Å². The predicted molar refractivity (Wildman–Crippen MR) is 81.0 cm³/mol. The number of rotatable bonds is 10. The minimum absolute atomic E-state index is 0.113. The number of unbranched alkanes of at least 4 members (excludes halogenated alkanes) is 5. The molecule has 118 valence electrons. The van der Waals surface area contributed by atoms with E-state index in [0.717, 1.165) is 19.3 Å². The van der Waals surface area contributed by atoms with E-state index in [1.54, 1.807) is 18.2 Å². The molecule has 1 N–H and O–H groups in total. The Balaban J connectivity index is 2.24. The van der Waals surface area contributed by atoms with Crippen LogP contribution in [0.4, 0.5) is 0 Å². The summed E-state index contributed by atoms with van der Waals surface area (Å²) in [5.74, 6) is -0.857. The third-order valence-corrected chi connectivity index (χ3v) is 3.87. The Bertz CT molecular complexity index is 460. The van der Waals surface area contributed by atoms with Crippen molar-refractivity contribution >= 4 is 13.8 Å². The Hall–Kier alpha value is -1.16. The molecule has 0 aromatic heterocycles. The molecule has 1 unspecified atom stereocenters. The van der Waals surface area contributed by atoms with Gasteiger partial charge in [-0.2, -0.15) is 0 Å². The van der Waals surface area contributed by atoms with Crippen LogP contribution in [0.25, 0.3) is 0 Å². The zero-order valence-electron chi connectivity index (χ0n) is 12.4.